The molecule has 0 aliphatic heterocycles. The molecule has 2 saturated carbocycles. The van der Waals surface area contributed by atoms with Crippen LogP contribution in [-0.2, 0) is 0 Å². The first-order valence-corrected chi connectivity index (χ1v) is 13.4. The van der Waals surface area contributed by atoms with Gasteiger partial charge in [-0.2, -0.15) is 0 Å². The SMILES string of the molecule is CCCCCC1CCC(C2CCC(Oc3ccc(S(F)(F)(F)(F)F)cc3)CC2)CC1. The van der Waals surface area contributed by atoms with Crippen molar-refractivity contribution in [3.05, 3.63) is 24.3 Å². The van der Waals surface area contributed by atoms with Gasteiger partial charge >= 0.3 is 10.2 Å². The summed E-state index contributed by atoms with van der Waals surface area (Å²) in [7, 11) is -9.61. The lowest BCUT2D eigenvalue weighted by Crippen LogP contribution is -2.29. The number of ether oxygens (including phenoxy) is 1. The summed E-state index contributed by atoms with van der Waals surface area (Å²) in [5.74, 6) is 2.65. The topological polar surface area (TPSA) is 9.23 Å². The Morgan fingerprint density at radius 3 is 1.80 bits per heavy atom. The fraction of sp³-hybridized carbons (Fsp3) is 0.739. The van der Waals surface area contributed by atoms with E-state index in [1.807, 2.05) is 0 Å². The second-order valence-corrected chi connectivity index (χ2v) is 11.8. The van der Waals surface area contributed by atoms with Crippen LogP contribution in [0.5, 0.6) is 5.75 Å². The maximum absolute atomic E-state index is 12.8. The first-order valence-electron chi connectivity index (χ1n) is 11.5. The van der Waals surface area contributed by atoms with Crippen LogP contribution in [0.15, 0.2) is 29.2 Å². The molecule has 0 amide bonds. The fourth-order valence-corrected chi connectivity index (χ4v) is 5.93. The van der Waals surface area contributed by atoms with Crippen molar-refractivity contribution in [3.63, 3.8) is 0 Å². The number of rotatable bonds is 8. The van der Waals surface area contributed by atoms with Crippen molar-refractivity contribution < 1.29 is 24.2 Å². The maximum atomic E-state index is 12.8. The zero-order valence-electron chi connectivity index (χ0n) is 17.8. The van der Waals surface area contributed by atoms with Crippen molar-refractivity contribution in [3.8, 4) is 5.75 Å². The van der Waals surface area contributed by atoms with Gasteiger partial charge in [0.1, 0.15) is 10.6 Å². The Labute approximate surface area is 177 Å². The minimum absolute atomic E-state index is 0.0440. The summed E-state index contributed by atoms with van der Waals surface area (Å²) >= 11 is 0. The number of hydrogen-bond donors (Lipinski definition) is 0. The van der Waals surface area contributed by atoms with Crippen LogP contribution in [0.1, 0.15) is 84.0 Å². The summed E-state index contributed by atoms with van der Waals surface area (Å²) in [5.41, 5.74) is 0. The zero-order chi connectivity index (χ0) is 21.9. The highest BCUT2D eigenvalue weighted by atomic mass is 32.5. The van der Waals surface area contributed by atoms with Gasteiger partial charge in [-0.3, -0.25) is 0 Å². The van der Waals surface area contributed by atoms with Gasteiger partial charge in [-0.25, -0.2) is 0 Å². The van der Waals surface area contributed by atoms with E-state index in [1.165, 1.54) is 51.4 Å². The van der Waals surface area contributed by atoms with Crippen LogP contribution in [-0.4, -0.2) is 6.10 Å². The van der Waals surface area contributed by atoms with Crippen LogP contribution in [0, 0.1) is 17.8 Å². The van der Waals surface area contributed by atoms with Crippen LogP contribution < -0.4 is 4.74 Å². The van der Waals surface area contributed by atoms with E-state index in [0.717, 1.165) is 55.6 Å². The summed E-state index contributed by atoms with van der Waals surface area (Å²) in [6.45, 7) is 2.24. The lowest BCUT2D eigenvalue weighted by Gasteiger charge is -2.40. The molecule has 3 rings (SSSR count). The zero-order valence-corrected chi connectivity index (χ0v) is 18.6. The lowest BCUT2D eigenvalue weighted by molar-refractivity contribution is 0.0912. The Balaban J connectivity index is 1.42. The molecule has 0 spiro atoms. The fourth-order valence-electron chi connectivity index (χ4n) is 5.28. The third kappa shape index (κ3) is 6.76. The number of benzene rings is 1. The largest absolute Gasteiger partial charge is 0.490 e. The van der Waals surface area contributed by atoms with E-state index < -0.39 is 15.1 Å². The van der Waals surface area contributed by atoms with E-state index in [4.69, 9.17) is 4.74 Å². The average Bonchev–Trinajstić information content (AvgIpc) is 2.68. The molecular formula is C23H35F5OS. The van der Waals surface area contributed by atoms with E-state index >= 15 is 0 Å². The molecule has 1 aromatic carbocycles. The molecule has 1 aromatic rings. The van der Waals surface area contributed by atoms with Gasteiger partial charge in [-0.05, 0) is 80.5 Å². The van der Waals surface area contributed by atoms with Crippen LogP contribution >= 0.6 is 10.2 Å². The van der Waals surface area contributed by atoms with Gasteiger partial charge in [-0.1, -0.05) is 64.9 Å². The molecule has 0 unspecified atom stereocenters. The first kappa shape index (κ1) is 23.7. The molecule has 7 heteroatoms. The molecular weight excluding hydrogens is 419 g/mol. The molecule has 2 fully saturated rings. The quantitative estimate of drug-likeness (QED) is 0.281. The van der Waals surface area contributed by atoms with Gasteiger partial charge in [0.05, 0.1) is 6.10 Å². The molecule has 0 heterocycles. The molecule has 0 bridgehead atoms. The van der Waals surface area contributed by atoms with E-state index in [2.05, 4.69) is 6.92 Å². The van der Waals surface area contributed by atoms with E-state index in [1.54, 1.807) is 0 Å². The summed E-state index contributed by atoms with van der Waals surface area (Å²) in [6, 6.07) is 2.89. The van der Waals surface area contributed by atoms with E-state index in [9.17, 15) is 19.4 Å². The van der Waals surface area contributed by atoms with Crippen LogP contribution in [0.2, 0.25) is 0 Å². The van der Waals surface area contributed by atoms with E-state index in [0.29, 0.717) is 12.1 Å². The molecule has 0 saturated heterocycles. The van der Waals surface area contributed by atoms with Crippen LogP contribution in [0.4, 0.5) is 19.4 Å². The Bertz CT molecular complexity index is 672. The molecule has 2 aliphatic rings. The van der Waals surface area contributed by atoms with Crippen molar-refractivity contribution in [1.82, 2.24) is 0 Å². The molecule has 0 atom stereocenters. The van der Waals surface area contributed by atoms with Crippen molar-refractivity contribution in [1.29, 1.82) is 0 Å². The molecule has 1 nitrogen and oxygen atoms in total. The van der Waals surface area contributed by atoms with Gasteiger partial charge in [0.25, 0.3) is 0 Å². The van der Waals surface area contributed by atoms with Crippen molar-refractivity contribution in [2.24, 2.45) is 17.8 Å². The predicted octanol–water partition coefficient (Wildman–Crippen LogP) is 9.67. The number of unbranched alkanes of at least 4 members (excludes halogenated alkanes) is 2. The third-order valence-corrected chi connectivity index (χ3v) is 8.23. The summed E-state index contributed by atoms with van der Waals surface area (Å²) in [6.07, 6.45) is 14.6. The smallest absolute Gasteiger partial charge is 0.310 e. The van der Waals surface area contributed by atoms with E-state index in [-0.39, 0.29) is 11.9 Å². The lowest BCUT2D eigenvalue weighted by atomic mass is 9.70. The highest BCUT2D eigenvalue weighted by molar-refractivity contribution is 8.45. The van der Waals surface area contributed by atoms with Crippen molar-refractivity contribution in [2.75, 3.05) is 0 Å². The second-order valence-electron chi connectivity index (χ2n) is 9.37. The Kier molecular flexibility index (Phi) is 6.72. The number of halogens is 5. The van der Waals surface area contributed by atoms with Gasteiger partial charge < -0.3 is 4.74 Å². The average molecular weight is 455 g/mol. The standard InChI is InChI=1S/C23H35F5OS/c1-2-3-4-5-18-6-8-19(9-7-18)20-10-12-21(13-11-20)29-22-14-16-23(17-15-22)30(24,25,26,27)28/h14-21H,2-13H2,1H3. The molecule has 0 aromatic heterocycles. The molecule has 174 valence electrons. The second kappa shape index (κ2) is 8.51. The highest BCUT2D eigenvalue weighted by Gasteiger charge is 2.65. The highest BCUT2D eigenvalue weighted by Crippen LogP contribution is 3.02. The summed E-state index contributed by atoms with van der Waals surface area (Å²) < 4.78 is 69.9. The number of hydrogen-bond acceptors (Lipinski definition) is 1. The van der Waals surface area contributed by atoms with Crippen molar-refractivity contribution in [2.45, 2.75) is 95.0 Å². The normalized spacial score (nSPS) is 30.3. The Morgan fingerprint density at radius 1 is 0.767 bits per heavy atom. The van der Waals surface area contributed by atoms with Crippen molar-refractivity contribution >= 4 is 10.2 Å². The maximum Gasteiger partial charge on any atom is 0.310 e. The molecule has 30 heavy (non-hydrogen) atoms. The minimum Gasteiger partial charge on any atom is -0.490 e. The molecule has 2 aliphatic carbocycles. The predicted molar refractivity (Wildman–Crippen MR) is 114 cm³/mol. The van der Waals surface area contributed by atoms with Crippen LogP contribution in [0.3, 0.4) is 0 Å². The molecule has 0 N–H and O–H groups in total. The summed E-state index contributed by atoms with van der Waals surface area (Å²) in [4.78, 5) is -1.86. The first-order chi connectivity index (χ1) is 13.9. The molecule has 0 radical (unpaired) electrons. The minimum atomic E-state index is -9.61. The van der Waals surface area contributed by atoms with Crippen LogP contribution in [0.25, 0.3) is 0 Å². The van der Waals surface area contributed by atoms with Gasteiger partial charge in [0.2, 0.25) is 0 Å². The monoisotopic (exact) mass is 454 g/mol. The van der Waals surface area contributed by atoms with Gasteiger partial charge in [0, 0.05) is 0 Å². The Hall–Kier alpha value is -0.980. The summed E-state index contributed by atoms with van der Waals surface area (Å²) in [5, 5.41) is 0. The van der Waals surface area contributed by atoms with Gasteiger partial charge in [0.15, 0.2) is 0 Å². The Morgan fingerprint density at radius 2 is 1.30 bits per heavy atom. The van der Waals surface area contributed by atoms with Gasteiger partial charge in [-0.15, -0.1) is 0 Å². The third-order valence-electron chi connectivity index (χ3n) is 7.06.